The van der Waals surface area contributed by atoms with Crippen molar-refractivity contribution in [3.05, 3.63) is 28.4 Å². The van der Waals surface area contributed by atoms with Crippen LogP contribution in [0, 0.1) is 0 Å². The average molecular weight is 347 g/mol. The second kappa shape index (κ2) is 4.57. The summed E-state index contributed by atoms with van der Waals surface area (Å²) in [7, 11) is -1.52. The number of aliphatic hydroxyl groups is 1. The minimum Gasteiger partial charge on any atom is -0.384 e. The lowest BCUT2D eigenvalue weighted by atomic mass is 9.96. The first-order chi connectivity index (χ1) is 8.60. The third-order valence-electron chi connectivity index (χ3n) is 2.86. The summed E-state index contributed by atoms with van der Waals surface area (Å²) in [5.74, 6) is -0.340. The van der Waals surface area contributed by atoms with Gasteiger partial charge in [0.05, 0.1) is 11.3 Å². The molecule has 1 unspecified atom stereocenters. The van der Waals surface area contributed by atoms with Crippen LogP contribution in [0.15, 0.2) is 22.8 Å². The van der Waals surface area contributed by atoms with Crippen molar-refractivity contribution < 1.29 is 13.5 Å². The normalized spacial score (nSPS) is 15.6. The van der Waals surface area contributed by atoms with Crippen LogP contribution in [0.1, 0.15) is 12.5 Å². The van der Waals surface area contributed by atoms with Crippen LogP contribution in [0.5, 0.6) is 0 Å². The van der Waals surface area contributed by atoms with Crippen LogP contribution in [-0.2, 0) is 22.5 Å². The molecule has 2 aromatic rings. The van der Waals surface area contributed by atoms with Crippen molar-refractivity contribution in [2.24, 2.45) is 7.05 Å². The maximum atomic E-state index is 11.4. The highest BCUT2D eigenvalue weighted by atomic mass is 79.9. The lowest BCUT2D eigenvalue weighted by molar-refractivity contribution is 0.0834. The molecule has 0 saturated carbocycles. The molecule has 7 heteroatoms. The number of benzene rings is 1. The molecule has 5 nitrogen and oxygen atoms in total. The Labute approximate surface area is 120 Å². The maximum absolute atomic E-state index is 11.4. The van der Waals surface area contributed by atoms with E-state index < -0.39 is 15.4 Å². The standard InChI is InChI=1S/C12H15BrN2O3S/c1-12(16,7-19(3,17)18)9-4-5-10(13)8-6-15(2)14-11(8)9/h4-6,16H,7H2,1-3H3. The second-order valence-electron chi connectivity index (χ2n) is 5.00. The predicted octanol–water partition coefficient (Wildman–Crippen LogP) is 1.59. The van der Waals surface area contributed by atoms with Gasteiger partial charge in [0.25, 0.3) is 0 Å². The van der Waals surface area contributed by atoms with Crippen molar-refractivity contribution in [1.29, 1.82) is 0 Å². The van der Waals surface area contributed by atoms with Gasteiger partial charge in [-0.1, -0.05) is 22.0 Å². The largest absolute Gasteiger partial charge is 0.384 e. The highest BCUT2D eigenvalue weighted by Gasteiger charge is 2.31. The number of fused-ring (bicyclic) bond motifs is 1. The van der Waals surface area contributed by atoms with Gasteiger partial charge in [-0.15, -0.1) is 0 Å². The summed E-state index contributed by atoms with van der Waals surface area (Å²) < 4.78 is 25.4. The zero-order chi connectivity index (χ0) is 14.4. The van der Waals surface area contributed by atoms with E-state index in [1.807, 2.05) is 6.20 Å². The van der Waals surface area contributed by atoms with E-state index in [0.717, 1.165) is 16.1 Å². The van der Waals surface area contributed by atoms with Crippen LogP contribution in [0.3, 0.4) is 0 Å². The van der Waals surface area contributed by atoms with E-state index in [1.54, 1.807) is 23.9 Å². The molecule has 1 aromatic carbocycles. The smallest absolute Gasteiger partial charge is 0.150 e. The van der Waals surface area contributed by atoms with E-state index in [1.165, 1.54) is 6.92 Å². The van der Waals surface area contributed by atoms with Crippen LogP contribution >= 0.6 is 15.9 Å². The molecule has 19 heavy (non-hydrogen) atoms. The summed E-state index contributed by atoms with van der Waals surface area (Å²) in [6.45, 7) is 1.49. The molecule has 0 aliphatic carbocycles. The third-order valence-corrected chi connectivity index (χ3v) is 4.64. The molecule has 0 amide bonds. The molecule has 104 valence electrons. The Morgan fingerprint density at radius 2 is 2.11 bits per heavy atom. The lowest BCUT2D eigenvalue weighted by Gasteiger charge is -2.23. The fourth-order valence-corrected chi connectivity index (χ4v) is 3.81. The predicted molar refractivity (Wildman–Crippen MR) is 77.7 cm³/mol. The third kappa shape index (κ3) is 2.98. The highest BCUT2D eigenvalue weighted by Crippen LogP contribution is 2.32. The summed E-state index contributed by atoms with van der Waals surface area (Å²) in [6, 6.07) is 3.49. The highest BCUT2D eigenvalue weighted by molar-refractivity contribution is 9.10. The van der Waals surface area contributed by atoms with Gasteiger partial charge in [0.1, 0.15) is 5.60 Å². The van der Waals surface area contributed by atoms with Crippen molar-refractivity contribution in [3.63, 3.8) is 0 Å². The summed E-state index contributed by atoms with van der Waals surface area (Å²) in [5, 5.41) is 15.6. The van der Waals surface area contributed by atoms with Crippen LogP contribution in [0.2, 0.25) is 0 Å². The SMILES string of the molecule is Cn1cc2c(Br)ccc(C(C)(O)CS(C)(=O)=O)c2n1. The Bertz CT molecular complexity index is 735. The van der Waals surface area contributed by atoms with Crippen LogP contribution in [0.25, 0.3) is 10.9 Å². The van der Waals surface area contributed by atoms with Crippen molar-refractivity contribution in [1.82, 2.24) is 9.78 Å². The van der Waals surface area contributed by atoms with E-state index >= 15 is 0 Å². The molecule has 0 aliphatic rings. The van der Waals surface area contributed by atoms with Crippen molar-refractivity contribution in [3.8, 4) is 0 Å². The Balaban J connectivity index is 2.66. The molecule has 1 heterocycles. The molecule has 0 radical (unpaired) electrons. The lowest BCUT2D eigenvalue weighted by Crippen LogP contribution is -2.31. The van der Waals surface area contributed by atoms with E-state index in [-0.39, 0.29) is 5.75 Å². The first-order valence-electron chi connectivity index (χ1n) is 5.62. The summed E-state index contributed by atoms with van der Waals surface area (Å²) >= 11 is 3.42. The molecule has 0 spiro atoms. The van der Waals surface area contributed by atoms with Crippen molar-refractivity contribution in [2.75, 3.05) is 12.0 Å². The quantitative estimate of drug-likeness (QED) is 0.915. The van der Waals surface area contributed by atoms with Crippen molar-refractivity contribution in [2.45, 2.75) is 12.5 Å². The van der Waals surface area contributed by atoms with E-state index in [0.29, 0.717) is 11.1 Å². The Morgan fingerprint density at radius 1 is 1.47 bits per heavy atom. The van der Waals surface area contributed by atoms with Crippen LogP contribution < -0.4 is 0 Å². The van der Waals surface area contributed by atoms with Gasteiger partial charge in [-0.25, -0.2) is 8.42 Å². The molecule has 0 saturated heterocycles. The van der Waals surface area contributed by atoms with E-state index in [4.69, 9.17) is 0 Å². The molecule has 1 N–H and O–H groups in total. The number of sulfone groups is 1. The van der Waals surface area contributed by atoms with Gasteiger partial charge < -0.3 is 5.11 Å². The Kier molecular flexibility index (Phi) is 3.49. The van der Waals surface area contributed by atoms with Gasteiger partial charge >= 0.3 is 0 Å². The van der Waals surface area contributed by atoms with Gasteiger partial charge in [0.2, 0.25) is 0 Å². The fraction of sp³-hybridized carbons (Fsp3) is 0.417. The summed E-state index contributed by atoms with van der Waals surface area (Å²) in [6.07, 6.45) is 2.93. The maximum Gasteiger partial charge on any atom is 0.150 e. The van der Waals surface area contributed by atoms with Crippen molar-refractivity contribution >= 4 is 36.7 Å². The number of rotatable bonds is 3. The zero-order valence-corrected chi connectivity index (χ0v) is 13.3. The molecule has 0 bridgehead atoms. The molecule has 2 rings (SSSR count). The molecular formula is C12H15BrN2O3S. The van der Waals surface area contributed by atoms with Gasteiger partial charge in [0, 0.05) is 34.9 Å². The summed E-state index contributed by atoms with van der Waals surface area (Å²) in [5.41, 5.74) is -0.358. The molecule has 1 aromatic heterocycles. The van der Waals surface area contributed by atoms with Gasteiger partial charge in [0.15, 0.2) is 9.84 Å². The first kappa shape index (κ1) is 14.5. The Morgan fingerprint density at radius 3 is 2.68 bits per heavy atom. The number of nitrogens with zero attached hydrogens (tertiary/aromatic N) is 2. The topological polar surface area (TPSA) is 72.2 Å². The van der Waals surface area contributed by atoms with Gasteiger partial charge in [-0.05, 0) is 13.0 Å². The number of halogens is 1. The number of aryl methyl sites for hydroxylation is 1. The Hall–Kier alpha value is -0.920. The van der Waals surface area contributed by atoms with Gasteiger partial charge in [-0.2, -0.15) is 5.10 Å². The summed E-state index contributed by atoms with van der Waals surface area (Å²) in [4.78, 5) is 0. The van der Waals surface area contributed by atoms with Crippen LogP contribution in [0.4, 0.5) is 0 Å². The minimum absolute atomic E-state index is 0.340. The molecule has 0 fully saturated rings. The zero-order valence-electron chi connectivity index (χ0n) is 10.9. The minimum atomic E-state index is -3.30. The first-order valence-corrected chi connectivity index (χ1v) is 8.48. The van der Waals surface area contributed by atoms with Crippen LogP contribution in [-0.4, -0.2) is 35.3 Å². The fourth-order valence-electron chi connectivity index (χ4n) is 2.21. The van der Waals surface area contributed by atoms with Gasteiger partial charge in [-0.3, -0.25) is 4.68 Å². The second-order valence-corrected chi connectivity index (χ2v) is 8.00. The average Bonchev–Trinajstić information content (AvgIpc) is 2.56. The van der Waals surface area contributed by atoms with E-state index in [9.17, 15) is 13.5 Å². The number of hydrogen-bond acceptors (Lipinski definition) is 4. The monoisotopic (exact) mass is 346 g/mol. The number of hydrogen-bond donors (Lipinski definition) is 1. The number of aromatic nitrogens is 2. The molecule has 1 atom stereocenters. The molecule has 0 aliphatic heterocycles. The van der Waals surface area contributed by atoms with E-state index in [2.05, 4.69) is 21.0 Å². The molecular weight excluding hydrogens is 332 g/mol.